The van der Waals surface area contributed by atoms with Crippen LogP contribution in [0.4, 0.5) is 0 Å². The Kier molecular flexibility index (Phi) is 3.53. The van der Waals surface area contributed by atoms with E-state index in [1.54, 1.807) is 0 Å². The maximum absolute atomic E-state index is 10.3. The molecule has 1 aliphatic carbocycles. The summed E-state index contributed by atoms with van der Waals surface area (Å²) in [7, 11) is 0. The van der Waals surface area contributed by atoms with E-state index >= 15 is 0 Å². The van der Waals surface area contributed by atoms with Gasteiger partial charge in [-0.25, -0.2) is 0 Å². The number of hydrogen-bond acceptors (Lipinski definition) is 2. The molecule has 0 radical (unpaired) electrons. The van der Waals surface area contributed by atoms with Crippen LogP contribution in [0.2, 0.25) is 0 Å². The third-order valence-corrected chi connectivity index (χ3v) is 4.33. The van der Waals surface area contributed by atoms with Crippen molar-refractivity contribution < 1.29 is 5.11 Å². The van der Waals surface area contributed by atoms with E-state index in [-0.39, 0.29) is 11.5 Å². The van der Waals surface area contributed by atoms with Crippen molar-refractivity contribution in [2.75, 3.05) is 0 Å². The minimum atomic E-state index is -0.184. The Labute approximate surface area is 104 Å². The van der Waals surface area contributed by atoms with Gasteiger partial charge in [0.1, 0.15) is 0 Å². The SMILES string of the molecule is C[C@@H]1CC[C@@H](C(C)(C)c2ccccn2)[C@H](O)C1. The summed E-state index contributed by atoms with van der Waals surface area (Å²) in [6, 6.07) is 6.05. The fraction of sp³-hybridized carbons (Fsp3) is 0.667. The van der Waals surface area contributed by atoms with Gasteiger partial charge in [-0.3, -0.25) is 4.98 Å². The molecule has 1 aromatic rings. The van der Waals surface area contributed by atoms with Gasteiger partial charge in [0, 0.05) is 17.3 Å². The van der Waals surface area contributed by atoms with Gasteiger partial charge in [-0.15, -0.1) is 0 Å². The summed E-state index contributed by atoms with van der Waals surface area (Å²) in [5, 5.41) is 10.3. The molecule has 1 N–H and O–H groups in total. The first-order valence-corrected chi connectivity index (χ1v) is 6.61. The van der Waals surface area contributed by atoms with Gasteiger partial charge in [0.25, 0.3) is 0 Å². The van der Waals surface area contributed by atoms with Crippen LogP contribution in [-0.4, -0.2) is 16.2 Å². The van der Waals surface area contributed by atoms with Crippen LogP contribution in [0.1, 0.15) is 45.7 Å². The van der Waals surface area contributed by atoms with Gasteiger partial charge in [-0.05, 0) is 36.8 Å². The van der Waals surface area contributed by atoms with Gasteiger partial charge in [0.2, 0.25) is 0 Å². The Bertz CT molecular complexity index is 360. The molecule has 3 atom stereocenters. The molecule has 0 unspecified atom stereocenters. The summed E-state index contributed by atoms with van der Waals surface area (Å²) in [6.07, 6.45) is 4.91. The number of rotatable bonds is 2. The first kappa shape index (κ1) is 12.6. The predicted molar refractivity (Wildman–Crippen MR) is 69.8 cm³/mol. The highest BCUT2D eigenvalue weighted by Crippen LogP contribution is 2.41. The van der Waals surface area contributed by atoms with E-state index in [1.165, 1.54) is 6.42 Å². The van der Waals surface area contributed by atoms with E-state index in [4.69, 9.17) is 0 Å². The Morgan fingerprint density at radius 1 is 1.29 bits per heavy atom. The minimum Gasteiger partial charge on any atom is -0.393 e. The number of hydrogen-bond donors (Lipinski definition) is 1. The third-order valence-electron chi connectivity index (χ3n) is 4.33. The van der Waals surface area contributed by atoms with Crippen molar-refractivity contribution in [1.82, 2.24) is 4.98 Å². The first-order valence-electron chi connectivity index (χ1n) is 6.61. The van der Waals surface area contributed by atoms with E-state index < -0.39 is 0 Å². The highest BCUT2D eigenvalue weighted by atomic mass is 16.3. The summed E-state index contributed by atoms with van der Waals surface area (Å²) >= 11 is 0. The molecule has 94 valence electrons. The molecule has 0 aliphatic heterocycles. The predicted octanol–water partition coefficient (Wildman–Crippen LogP) is 3.16. The molecule has 0 bridgehead atoms. The van der Waals surface area contributed by atoms with Crippen LogP contribution >= 0.6 is 0 Å². The molecule has 2 rings (SSSR count). The molecule has 2 heteroatoms. The Balaban J connectivity index is 2.21. The monoisotopic (exact) mass is 233 g/mol. The van der Waals surface area contributed by atoms with Crippen molar-refractivity contribution in [3.8, 4) is 0 Å². The average molecular weight is 233 g/mol. The number of pyridine rings is 1. The van der Waals surface area contributed by atoms with Crippen LogP contribution in [0.15, 0.2) is 24.4 Å². The lowest BCUT2D eigenvalue weighted by molar-refractivity contribution is 0.0132. The van der Waals surface area contributed by atoms with E-state index in [9.17, 15) is 5.11 Å². The molecule has 1 aliphatic rings. The lowest BCUT2D eigenvalue weighted by atomic mass is 9.66. The molecule has 1 saturated carbocycles. The lowest BCUT2D eigenvalue weighted by Crippen LogP contribution is -2.41. The molecular formula is C15H23NO. The van der Waals surface area contributed by atoms with Gasteiger partial charge in [0.15, 0.2) is 0 Å². The quantitative estimate of drug-likeness (QED) is 0.851. The van der Waals surface area contributed by atoms with Crippen molar-refractivity contribution in [3.63, 3.8) is 0 Å². The van der Waals surface area contributed by atoms with Crippen LogP contribution in [0.5, 0.6) is 0 Å². The van der Waals surface area contributed by atoms with Crippen molar-refractivity contribution in [2.45, 2.75) is 51.6 Å². The molecule has 0 saturated heterocycles. The average Bonchev–Trinajstić information content (AvgIpc) is 2.29. The second-order valence-electron chi connectivity index (χ2n) is 6.03. The molecule has 0 aromatic carbocycles. The van der Waals surface area contributed by atoms with E-state index in [0.29, 0.717) is 11.8 Å². The smallest absolute Gasteiger partial charge is 0.0579 e. The van der Waals surface area contributed by atoms with Crippen molar-refractivity contribution >= 4 is 0 Å². The van der Waals surface area contributed by atoms with Gasteiger partial charge >= 0.3 is 0 Å². The lowest BCUT2D eigenvalue weighted by Gasteiger charge is -2.41. The van der Waals surface area contributed by atoms with Crippen LogP contribution in [-0.2, 0) is 5.41 Å². The van der Waals surface area contributed by atoms with Crippen LogP contribution in [0.3, 0.4) is 0 Å². The topological polar surface area (TPSA) is 33.1 Å². The molecule has 17 heavy (non-hydrogen) atoms. The molecule has 1 fully saturated rings. The largest absolute Gasteiger partial charge is 0.393 e. The molecule has 0 amide bonds. The summed E-state index contributed by atoms with van der Waals surface area (Å²) in [5.74, 6) is 0.981. The van der Waals surface area contributed by atoms with Crippen LogP contribution < -0.4 is 0 Å². The number of aliphatic hydroxyl groups excluding tert-OH is 1. The van der Waals surface area contributed by atoms with Crippen molar-refractivity contribution in [3.05, 3.63) is 30.1 Å². The molecule has 2 nitrogen and oxygen atoms in total. The maximum atomic E-state index is 10.3. The fourth-order valence-electron chi connectivity index (χ4n) is 3.13. The van der Waals surface area contributed by atoms with Gasteiger partial charge in [0.05, 0.1) is 6.10 Å². The second kappa shape index (κ2) is 4.77. The standard InChI is InChI=1S/C15H23NO/c1-11-7-8-12(13(17)10-11)15(2,3)14-6-4-5-9-16-14/h4-6,9,11-13,17H,7-8,10H2,1-3H3/t11-,12-,13-/m1/s1. The molecule has 1 aromatic heterocycles. The normalized spacial score (nSPS) is 30.2. The highest BCUT2D eigenvalue weighted by molar-refractivity contribution is 5.17. The Hall–Kier alpha value is -0.890. The zero-order valence-corrected chi connectivity index (χ0v) is 11.1. The summed E-state index contributed by atoms with van der Waals surface area (Å²) < 4.78 is 0. The second-order valence-corrected chi connectivity index (χ2v) is 6.03. The zero-order valence-electron chi connectivity index (χ0n) is 11.1. The maximum Gasteiger partial charge on any atom is 0.0579 e. The highest BCUT2D eigenvalue weighted by Gasteiger charge is 2.39. The fourth-order valence-corrected chi connectivity index (χ4v) is 3.13. The summed E-state index contributed by atoms with van der Waals surface area (Å²) in [5.41, 5.74) is 1.06. The van der Waals surface area contributed by atoms with Gasteiger partial charge in [-0.1, -0.05) is 33.3 Å². The first-order chi connectivity index (χ1) is 8.01. The number of aromatic nitrogens is 1. The zero-order chi connectivity index (χ0) is 12.5. The van der Waals surface area contributed by atoms with Gasteiger partial charge < -0.3 is 5.11 Å². The molecule has 1 heterocycles. The van der Waals surface area contributed by atoms with Crippen molar-refractivity contribution in [2.24, 2.45) is 11.8 Å². The van der Waals surface area contributed by atoms with E-state index in [0.717, 1.165) is 18.5 Å². The summed E-state index contributed by atoms with van der Waals surface area (Å²) in [4.78, 5) is 4.47. The van der Waals surface area contributed by atoms with E-state index in [2.05, 4.69) is 31.8 Å². The van der Waals surface area contributed by atoms with Crippen LogP contribution in [0.25, 0.3) is 0 Å². The molecular weight excluding hydrogens is 210 g/mol. The Morgan fingerprint density at radius 2 is 2.06 bits per heavy atom. The Morgan fingerprint density at radius 3 is 2.65 bits per heavy atom. The summed E-state index contributed by atoms with van der Waals surface area (Å²) in [6.45, 7) is 6.64. The van der Waals surface area contributed by atoms with Crippen molar-refractivity contribution in [1.29, 1.82) is 0 Å². The number of nitrogens with zero attached hydrogens (tertiary/aromatic N) is 1. The minimum absolute atomic E-state index is 0.0409. The number of aliphatic hydroxyl groups is 1. The third kappa shape index (κ3) is 2.52. The van der Waals surface area contributed by atoms with Crippen LogP contribution in [0, 0.1) is 11.8 Å². The van der Waals surface area contributed by atoms with Gasteiger partial charge in [-0.2, -0.15) is 0 Å². The molecule has 0 spiro atoms. The van der Waals surface area contributed by atoms with E-state index in [1.807, 2.05) is 18.3 Å².